The maximum absolute atomic E-state index is 13.6. The fraction of sp³-hybridized carbons (Fsp3) is 0.400. The molecule has 0 saturated carbocycles. The SMILES string of the molecule is CCC1c2ccsc2CCN1C(=O)CCCNC(=O)c1ccc(F)cc1F. The summed E-state index contributed by atoms with van der Waals surface area (Å²) in [5.74, 6) is -2.15. The van der Waals surface area contributed by atoms with Crippen molar-refractivity contribution < 1.29 is 18.4 Å². The van der Waals surface area contributed by atoms with Gasteiger partial charge in [0.1, 0.15) is 11.6 Å². The summed E-state index contributed by atoms with van der Waals surface area (Å²) in [7, 11) is 0. The Balaban J connectivity index is 1.49. The summed E-state index contributed by atoms with van der Waals surface area (Å²) in [6.45, 7) is 3.06. The predicted molar refractivity (Wildman–Crippen MR) is 101 cm³/mol. The molecule has 4 nitrogen and oxygen atoms in total. The maximum atomic E-state index is 13.6. The van der Waals surface area contributed by atoms with E-state index in [1.165, 1.54) is 10.4 Å². The van der Waals surface area contributed by atoms with Gasteiger partial charge in [0.2, 0.25) is 5.91 Å². The predicted octanol–water partition coefficient (Wildman–Crippen LogP) is 4.07. The monoisotopic (exact) mass is 392 g/mol. The van der Waals surface area contributed by atoms with Crippen LogP contribution < -0.4 is 5.32 Å². The van der Waals surface area contributed by atoms with Crippen molar-refractivity contribution in [1.29, 1.82) is 0 Å². The average Bonchev–Trinajstić information content (AvgIpc) is 3.12. The van der Waals surface area contributed by atoms with E-state index in [2.05, 4.69) is 23.7 Å². The average molecular weight is 392 g/mol. The second kappa shape index (κ2) is 8.61. The number of benzene rings is 1. The van der Waals surface area contributed by atoms with Gasteiger partial charge < -0.3 is 10.2 Å². The van der Waals surface area contributed by atoms with E-state index >= 15 is 0 Å². The lowest BCUT2D eigenvalue weighted by Gasteiger charge is -2.35. The van der Waals surface area contributed by atoms with Crippen LogP contribution in [0.25, 0.3) is 0 Å². The van der Waals surface area contributed by atoms with Crippen LogP contribution in [0.5, 0.6) is 0 Å². The molecule has 27 heavy (non-hydrogen) atoms. The second-order valence-electron chi connectivity index (χ2n) is 6.54. The molecule has 1 aromatic heterocycles. The van der Waals surface area contributed by atoms with Crippen LogP contribution in [0.15, 0.2) is 29.6 Å². The number of halogens is 2. The minimum absolute atomic E-state index is 0.0703. The molecule has 0 fully saturated rings. The molecular formula is C20H22F2N2O2S. The number of nitrogens with zero attached hydrogens (tertiary/aromatic N) is 1. The number of thiophene rings is 1. The molecule has 0 saturated heterocycles. The smallest absolute Gasteiger partial charge is 0.254 e. The summed E-state index contributed by atoms with van der Waals surface area (Å²) in [5.41, 5.74) is 1.05. The Morgan fingerprint density at radius 2 is 2.11 bits per heavy atom. The van der Waals surface area contributed by atoms with Gasteiger partial charge in [-0.05, 0) is 48.4 Å². The van der Waals surface area contributed by atoms with Crippen LogP contribution in [0.3, 0.4) is 0 Å². The van der Waals surface area contributed by atoms with E-state index in [1.807, 2.05) is 4.90 Å². The van der Waals surface area contributed by atoms with Gasteiger partial charge in [-0.3, -0.25) is 9.59 Å². The van der Waals surface area contributed by atoms with Crippen LogP contribution in [0.2, 0.25) is 0 Å². The third-order valence-electron chi connectivity index (χ3n) is 4.83. The van der Waals surface area contributed by atoms with E-state index in [9.17, 15) is 18.4 Å². The van der Waals surface area contributed by atoms with Crippen molar-refractivity contribution >= 4 is 23.2 Å². The van der Waals surface area contributed by atoms with Crippen LogP contribution in [-0.2, 0) is 11.2 Å². The Hall–Kier alpha value is -2.28. The number of carbonyl (C=O) groups excluding carboxylic acids is 2. The minimum atomic E-state index is -0.894. The fourth-order valence-corrected chi connectivity index (χ4v) is 4.42. The second-order valence-corrected chi connectivity index (χ2v) is 7.54. The molecule has 1 aromatic carbocycles. The molecule has 2 aromatic rings. The van der Waals surface area contributed by atoms with E-state index < -0.39 is 17.5 Å². The summed E-state index contributed by atoms with van der Waals surface area (Å²) < 4.78 is 26.5. The molecule has 2 heterocycles. The first kappa shape index (κ1) is 19.5. The van der Waals surface area contributed by atoms with Crippen molar-refractivity contribution in [2.75, 3.05) is 13.1 Å². The van der Waals surface area contributed by atoms with Crippen molar-refractivity contribution in [2.45, 2.75) is 38.6 Å². The standard InChI is InChI=1S/C20H22F2N2O2S/c1-2-17-15-8-11-27-18(15)7-10-24(17)19(25)4-3-9-23-20(26)14-6-5-13(21)12-16(14)22/h5-6,8,11-12,17H,2-4,7,9-10H2,1H3,(H,23,26). The number of amides is 2. The summed E-state index contributed by atoms with van der Waals surface area (Å²) >= 11 is 1.74. The molecule has 1 N–H and O–H groups in total. The zero-order valence-corrected chi connectivity index (χ0v) is 16.0. The topological polar surface area (TPSA) is 49.4 Å². The highest BCUT2D eigenvalue weighted by atomic mass is 32.1. The zero-order chi connectivity index (χ0) is 19.4. The Kier molecular flexibility index (Phi) is 6.21. The molecule has 7 heteroatoms. The van der Waals surface area contributed by atoms with E-state index in [-0.39, 0.29) is 24.1 Å². The first-order chi connectivity index (χ1) is 13.0. The number of fused-ring (bicyclic) bond motifs is 1. The molecule has 1 aliphatic heterocycles. The summed E-state index contributed by atoms with van der Waals surface area (Å²) in [6.07, 6.45) is 2.55. The molecule has 0 aliphatic carbocycles. The van der Waals surface area contributed by atoms with Crippen LogP contribution >= 0.6 is 11.3 Å². The Labute approximate surface area is 161 Å². The van der Waals surface area contributed by atoms with E-state index in [0.29, 0.717) is 18.9 Å². The van der Waals surface area contributed by atoms with Crippen LogP contribution in [0.1, 0.15) is 53.0 Å². The van der Waals surface area contributed by atoms with Crippen molar-refractivity contribution in [1.82, 2.24) is 10.2 Å². The van der Waals surface area contributed by atoms with Crippen molar-refractivity contribution in [3.05, 3.63) is 57.3 Å². The van der Waals surface area contributed by atoms with Crippen LogP contribution in [0.4, 0.5) is 8.78 Å². The molecular weight excluding hydrogens is 370 g/mol. The number of carbonyl (C=O) groups is 2. The van der Waals surface area contributed by atoms with Gasteiger partial charge in [-0.2, -0.15) is 0 Å². The van der Waals surface area contributed by atoms with Gasteiger partial charge in [-0.1, -0.05) is 6.92 Å². The Bertz CT molecular complexity index is 837. The Morgan fingerprint density at radius 3 is 2.85 bits per heavy atom. The summed E-state index contributed by atoms with van der Waals surface area (Å²) in [6, 6.07) is 5.06. The lowest BCUT2D eigenvalue weighted by Crippen LogP contribution is -2.39. The zero-order valence-electron chi connectivity index (χ0n) is 15.1. The van der Waals surface area contributed by atoms with Crippen molar-refractivity contribution in [3.8, 4) is 0 Å². The van der Waals surface area contributed by atoms with Gasteiger partial charge in [0.15, 0.2) is 0 Å². The van der Waals surface area contributed by atoms with Gasteiger partial charge in [0.05, 0.1) is 11.6 Å². The van der Waals surface area contributed by atoms with Crippen LogP contribution in [0, 0.1) is 11.6 Å². The molecule has 0 spiro atoms. The van der Waals surface area contributed by atoms with Gasteiger partial charge in [-0.15, -0.1) is 11.3 Å². The normalized spacial score (nSPS) is 16.1. The lowest BCUT2D eigenvalue weighted by molar-refractivity contribution is -0.134. The summed E-state index contributed by atoms with van der Waals surface area (Å²) in [4.78, 5) is 27.9. The minimum Gasteiger partial charge on any atom is -0.352 e. The van der Waals surface area contributed by atoms with E-state index in [4.69, 9.17) is 0 Å². The first-order valence-corrected chi connectivity index (χ1v) is 9.98. The first-order valence-electron chi connectivity index (χ1n) is 9.10. The molecule has 1 aliphatic rings. The molecule has 0 bridgehead atoms. The highest BCUT2D eigenvalue weighted by Gasteiger charge is 2.29. The van der Waals surface area contributed by atoms with E-state index in [1.54, 1.807) is 11.3 Å². The van der Waals surface area contributed by atoms with Gasteiger partial charge in [0, 0.05) is 30.5 Å². The van der Waals surface area contributed by atoms with Gasteiger partial charge >= 0.3 is 0 Å². The van der Waals surface area contributed by atoms with Gasteiger partial charge in [-0.25, -0.2) is 8.78 Å². The fourth-order valence-electron chi connectivity index (χ4n) is 3.49. The molecule has 2 amide bonds. The largest absolute Gasteiger partial charge is 0.352 e. The highest BCUT2D eigenvalue weighted by Crippen LogP contribution is 2.35. The molecule has 0 radical (unpaired) electrons. The number of rotatable bonds is 6. The van der Waals surface area contributed by atoms with Crippen molar-refractivity contribution in [2.24, 2.45) is 0 Å². The van der Waals surface area contributed by atoms with Crippen LogP contribution in [-0.4, -0.2) is 29.8 Å². The maximum Gasteiger partial charge on any atom is 0.254 e. The highest BCUT2D eigenvalue weighted by molar-refractivity contribution is 7.10. The number of nitrogens with one attached hydrogen (secondary N) is 1. The molecule has 1 atom stereocenters. The van der Waals surface area contributed by atoms with Gasteiger partial charge in [0.25, 0.3) is 5.91 Å². The number of hydrogen-bond acceptors (Lipinski definition) is 3. The number of hydrogen-bond donors (Lipinski definition) is 1. The third kappa shape index (κ3) is 4.35. The molecule has 3 rings (SSSR count). The van der Waals surface area contributed by atoms with Crippen molar-refractivity contribution in [3.63, 3.8) is 0 Å². The molecule has 144 valence electrons. The molecule has 1 unspecified atom stereocenters. The Morgan fingerprint density at radius 1 is 1.30 bits per heavy atom. The summed E-state index contributed by atoms with van der Waals surface area (Å²) in [5, 5.41) is 4.66. The quantitative estimate of drug-likeness (QED) is 0.754. The lowest BCUT2D eigenvalue weighted by atomic mass is 9.97. The third-order valence-corrected chi connectivity index (χ3v) is 5.83. The van der Waals surface area contributed by atoms with E-state index in [0.717, 1.165) is 31.5 Å².